The number of aryl methyl sites for hydroxylation is 1. The molecule has 1 heterocycles. The number of nitrogens with zero attached hydrogens (tertiary/aromatic N) is 1. The highest BCUT2D eigenvalue weighted by atomic mass is 35.5. The normalized spacial score (nSPS) is 10.7. The van der Waals surface area contributed by atoms with Gasteiger partial charge in [-0.05, 0) is 32.4 Å². The van der Waals surface area contributed by atoms with Gasteiger partial charge in [-0.1, -0.05) is 11.6 Å². The van der Waals surface area contributed by atoms with Gasteiger partial charge in [0.25, 0.3) is 0 Å². The Morgan fingerprint density at radius 2 is 2.20 bits per heavy atom. The monoisotopic (exact) mass is 245 g/mol. The zero-order valence-corrected chi connectivity index (χ0v) is 10.9. The average Bonchev–Trinajstić information content (AvgIpc) is 2.59. The molecule has 1 aromatic heterocycles. The second-order valence-corrected chi connectivity index (χ2v) is 5.60. The molecule has 0 aliphatic heterocycles. The molecule has 0 fully saturated rings. The molecule has 0 aliphatic rings. The fourth-order valence-corrected chi connectivity index (χ4v) is 2.27. The van der Waals surface area contributed by atoms with Crippen LogP contribution in [0.1, 0.15) is 25.1 Å². The first kappa shape index (κ1) is 12.5. The van der Waals surface area contributed by atoms with E-state index in [0.29, 0.717) is 6.42 Å². The largest absolute Gasteiger partial charge is 0.343 e. The Kier molecular flexibility index (Phi) is 4.61. The number of hydrogen-bond donors (Lipinski definition) is 0. The summed E-state index contributed by atoms with van der Waals surface area (Å²) in [5.41, 5.74) is 0. The van der Waals surface area contributed by atoms with Crippen LogP contribution in [0, 0.1) is 0 Å². The van der Waals surface area contributed by atoms with Crippen molar-refractivity contribution in [3.05, 3.63) is 21.3 Å². The first-order valence-electron chi connectivity index (χ1n) is 5.00. The van der Waals surface area contributed by atoms with Crippen LogP contribution >= 0.6 is 22.9 Å². The summed E-state index contributed by atoms with van der Waals surface area (Å²) < 4.78 is 0.787. The summed E-state index contributed by atoms with van der Waals surface area (Å²) in [6.45, 7) is 4.03. The molecule has 0 saturated carbocycles. The van der Waals surface area contributed by atoms with Crippen LogP contribution in [0.2, 0.25) is 4.34 Å². The van der Waals surface area contributed by atoms with Crippen molar-refractivity contribution >= 4 is 28.8 Å². The van der Waals surface area contributed by atoms with Gasteiger partial charge in [-0.3, -0.25) is 4.79 Å². The van der Waals surface area contributed by atoms with Crippen molar-refractivity contribution in [2.24, 2.45) is 0 Å². The average molecular weight is 246 g/mol. The summed E-state index contributed by atoms with van der Waals surface area (Å²) in [5.74, 6) is 0.189. The lowest BCUT2D eigenvalue weighted by Crippen LogP contribution is -2.33. The molecule has 0 atom stereocenters. The lowest BCUT2D eigenvalue weighted by Gasteiger charge is -2.21. The van der Waals surface area contributed by atoms with Crippen molar-refractivity contribution in [3.63, 3.8) is 0 Å². The Bertz CT molecular complexity index is 335. The van der Waals surface area contributed by atoms with E-state index in [1.54, 1.807) is 16.2 Å². The SMILES string of the molecule is CC(C)N(C)C(=O)CCc1ccc(Cl)s1. The predicted octanol–water partition coefficient (Wildman–Crippen LogP) is 3.20. The van der Waals surface area contributed by atoms with E-state index in [9.17, 15) is 4.79 Å². The van der Waals surface area contributed by atoms with Crippen LogP contribution in [-0.2, 0) is 11.2 Å². The maximum atomic E-state index is 11.7. The fourth-order valence-electron chi connectivity index (χ4n) is 1.18. The highest BCUT2D eigenvalue weighted by Crippen LogP contribution is 2.22. The molecule has 15 heavy (non-hydrogen) atoms. The zero-order chi connectivity index (χ0) is 11.4. The molecule has 1 amide bonds. The minimum absolute atomic E-state index is 0.189. The van der Waals surface area contributed by atoms with Crippen LogP contribution in [0.25, 0.3) is 0 Å². The number of halogens is 1. The Morgan fingerprint density at radius 3 is 2.67 bits per heavy atom. The van der Waals surface area contributed by atoms with Gasteiger partial charge in [0, 0.05) is 24.4 Å². The molecule has 0 N–H and O–H groups in total. The molecule has 84 valence electrons. The van der Waals surface area contributed by atoms with Crippen molar-refractivity contribution in [2.45, 2.75) is 32.7 Å². The van der Waals surface area contributed by atoms with Gasteiger partial charge < -0.3 is 4.90 Å². The van der Waals surface area contributed by atoms with E-state index >= 15 is 0 Å². The van der Waals surface area contributed by atoms with E-state index in [2.05, 4.69) is 0 Å². The van der Waals surface area contributed by atoms with Crippen LogP contribution < -0.4 is 0 Å². The lowest BCUT2D eigenvalue weighted by atomic mass is 10.2. The molecule has 1 rings (SSSR count). The van der Waals surface area contributed by atoms with Gasteiger partial charge in [0.05, 0.1) is 4.34 Å². The number of hydrogen-bond acceptors (Lipinski definition) is 2. The first-order valence-corrected chi connectivity index (χ1v) is 6.20. The number of carbonyl (C=O) groups excluding carboxylic acids is 1. The van der Waals surface area contributed by atoms with Crippen LogP contribution in [-0.4, -0.2) is 23.9 Å². The highest BCUT2D eigenvalue weighted by Gasteiger charge is 2.11. The molecule has 4 heteroatoms. The van der Waals surface area contributed by atoms with E-state index < -0.39 is 0 Å². The summed E-state index contributed by atoms with van der Waals surface area (Å²) in [7, 11) is 1.84. The van der Waals surface area contributed by atoms with Crippen molar-refractivity contribution in [1.29, 1.82) is 0 Å². The van der Waals surface area contributed by atoms with Gasteiger partial charge in [0.2, 0.25) is 5.91 Å². The standard InChI is InChI=1S/C11H16ClNOS/c1-8(2)13(3)11(14)7-5-9-4-6-10(12)15-9/h4,6,8H,5,7H2,1-3H3. The van der Waals surface area contributed by atoms with Crippen LogP contribution in [0.15, 0.2) is 12.1 Å². The summed E-state index contributed by atoms with van der Waals surface area (Å²) >= 11 is 7.36. The van der Waals surface area contributed by atoms with E-state index in [1.807, 2.05) is 33.0 Å². The van der Waals surface area contributed by atoms with Gasteiger partial charge in [-0.15, -0.1) is 11.3 Å². The molecule has 0 aromatic carbocycles. The molecule has 0 aliphatic carbocycles. The van der Waals surface area contributed by atoms with Crippen molar-refractivity contribution in [3.8, 4) is 0 Å². The minimum Gasteiger partial charge on any atom is -0.343 e. The maximum Gasteiger partial charge on any atom is 0.222 e. The van der Waals surface area contributed by atoms with E-state index in [-0.39, 0.29) is 11.9 Å². The van der Waals surface area contributed by atoms with E-state index in [0.717, 1.165) is 10.8 Å². The van der Waals surface area contributed by atoms with Crippen LogP contribution in [0.5, 0.6) is 0 Å². The predicted molar refractivity (Wildman–Crippen MR) is 65.6 cm³/mol. The number of carbonyl (C=O) groups is 1. The lowest BCUT2D eigenvalue weighted by molar-refractivity contribution is -0.131. The van der Waals surface area contributed by atoms with Gasteiger partial charge in [0.1, 0.15) is 0 Å². The van der Waals surface area contributed by atoms with Crippen molar-refractivity contribution in [1.82, 2.24) is 4.90 Å². The third-order valence-corrected chi connectivity index (χ3v) is 3.67. The number of rotatable bonds is 4. The molecular weight excluding hydrogens is 230 g/mol. The highest BCUT2D eigenvalue weighted by molar-refractivity contribution is 7.16. The molecule has 0 bridgehead atoms. The molecular formula is C11H16ClNOS. The first-order chi connectivity index (χ1) is 7.00. The second kappa shape index (κ2) is 5.52. The summed E-state index contributed by atoms with van der Waals surface area (Å²) in [6.07, 6.45) is 1.35. The third kappa shape index (κ3) is 3.84. The quantitative estimate of drug-likeness (QED) is 0.798. The molecule has 1 aromatic rings. The van der Waals surface area contributed by atoms with Gasteiger partial charge in [-0.2, -0.15) is 0 Å². The number of amides is 1. The summed E-state index contributed by atoms with van der Waals surface area (Å²) in [6, 6.07) is 4.12. The van der Waals surface area contributed by atoms with Crippen LogP contribution in [0.4, 0.5) is 0 Å². The Balaban J connectivity index is 2.40. The molecule has 2 nitrogen and oxygen atoms in total. The molecule has 0 spiro atoms. The summed E-state index contributed by atoms with van der Waals surface area (Å²) in [5, 5.41) is 0. The maximum absolute atomic E-state index is 11.7. The number of thiophene rings is 1. The van der Waals surface area contributed by atoms with Gasteiger partial charge >= 0.3 is 0 Å². The topological polar surface area (TPSA) is 20.3 Å². The van der Waals surface area contributed by atoms with E-state index in [4.69, 9.17) is 11.6 Å². The smallest absolute Gasteiger partial charge is 0.222 e. The minimum atomic E-state index is 0.189. The fraction of sp³-hybridized carbons (Fsp3) is 0.545. The van der Waals surface area contributed by atoms with E-state index in [1.165, 1.54) is 4.88 Å². The third-order valence-electron chi connectivity index (χ3n) is 2.38. The Hall–Kier alpha value is -0.540. The summed E-state index contributed by atoms with van der Waals surface area (Å²) in [4.78, 5) is 14.6. The Morgan fingerprint density at radius 1 is 1.53 bits per heavy atom. The van der Waals surface area contributed by atoms with Crippen molar-refractivity contribution < 1.29 is 4.79 Å². The zero-order valence-electron chi connectivity index (χ0n) is 9.29. The molecule has 0 unspecified atom stereocenters. The Labute approximate surface area is 99.9 Å². The molecule has 0 radical (unpaired) electrons. The van der Waals surface area contributed by atoms with Gasteiger partial charge in [-0.25, -0.2) is 0 Å². The molecule has 0 saturated heterocycles. The van der Waals surface area contributed by atoms with Crippen molar-refractivity contribution in [2.75, 3.05) is 7.05 Å². The second-order valence-electron chi connectivity index (χ2n) is 3.80. The van der Waals surface area contributed by atoms with Crippen LogP contribution in [0.3, 0.4) is 0 Å². The van der Waals surface area contributed by atoms with Gasteiger partial charge in [0.15, 0.2) is 0 Å².